The molecule has 7 heteroatoms. The first-order chi connectivity index (χ1) is 17.6. The molecule has 2 saturated heterocycles. The third-order valence-corrected chi connectivity index (χ3v) is 7.16. The summed E-state index contributed by atoms with van der Waals surface area (Å²) < 4.78 is 16.4. The predicted octanol–water partition coefficient (Wildman–Crippen LogP) is 4.03. The quantitative estimate of drug-likeness (QED) is 0.399. The molecule has 3 aromatic carbocycles. The van der Waals surface area contributed by atoms with Crippen molar-refractivity contribution in [1.82, 2.24) is 4.90 Å². The van der Waals surface area contributed by atoms with Gasteiger partial charge in [-0.2, -0.15) is 0 Å². The fourth-order valence-corrected chi connectivity index (χ4v) is 5.71. The molecule has 2 aliphatic rings. The highest BCUT2D eigenvalue weighted by molar-refractivity contribution is 5.91. The average molecular weight is 486 g/mol. The molecule has 0 aliphatic carbocycles. The van der Waals surface area contributed by atoms with E-state index >= 15 is 0 Å². The maximum Gasteiger partial charge on any atom is 0.325 e. The molecule has 0 saturated carbocycles. The van der Waals surface area contributed by atoms with Crippen molar-refractivity contribution in [1.29, 1.82) is 0 Å². The fourth-order valence-electron chi connectivity index (χ4n) is 5.71. The Balaban J connectivity index is 1.76. The Labute approximate surface area is 209 Å². The Morgan fingerprint density at radius 1 is 0.639 bits per heavy atom. The second kappa shape index (κ2) is 9.95. The van der Waals surface area contributed by atoms with Gasteiger partial charge < -0.3 is 14.2 Å². The second-order valence-corrected chi connectivity index (χ2v) is 8.97. The van der Waals surface area contributed by atoms with E-state index in [1.807, 2.05) is 95.9 Å². The van der Waals surface area contributed by atoms with E-state index in [2.05, 4.69) is 0 Å². The molecular weight excluding hydrogens is 458 g/mol. The zero-order valence-electron chi connectivity index (χ0n) is 20.0. The first-order valence-electron chi connectivity index (χ1n) is 11.8. The van der Waals surface area contributed by atoms with E-state index < -0.39 is 54.0 Å². The van der Waals surface area contributed by atoms with Crippen molar-refractivity contribution in [2.75, 3.05) is 14.2 Å². The van der Waals surface area contributed by atoms with Gasteiger partial charge in [-0.3, -0.25) is 19.3 Å². The highest BCUT2D eigenvalue weighted by Gasteiger charge is 2.64. The molecule has 0 unspecified atom stereocenters. The Morgan fingerprint density at radius 2 is 1.06 bits per heavy atom. The Kier molecular flexibility index (Phi) is 6.57. The van der Waals surface area contributed by atoms with Gasteiger partial charge in [0.05, 0.1) is 38.1 Å². The average Bonchev–Trinajstić information content (AvgIpc) is 3.30. The van der Waals surface area contributed by atoms with Crippen LogP contribution in [0.25, 0.3) is 0 Å². The molecule has 3 aromatic rings. The maximum absolute atomic E-state index is 13.7. The molecule has 2 heterocycles. The van der Waals surface area contributed by atoms with Crippen LogP contribution < -0.4 is 0 Å². The van der Waals surface area contributed by atoms with Gasteiger partial charge in [-0.25, -0.2) is 0 Å². The Morgan fingerprint density at radius 3 is 1.53 bits per heavy atom. The van der Waals surface area contributed by atoms with E-state index in [4.69, 9.17) is 14.2 Å². The number of hydrogen-bond acceptors (Lipinski definition) is 7. The predicted molar refractivity (Wildman–Crippen MR) is 130 cm³/mol. The minimum absolute atomic E-state index is 0.469. The lowest BCUT2D eigenvalue weighted by molar-refractivity contribution is -0.180. The highest BCUT2D eigenvalue weighted by atomic mass is 16.6. The molecule has 0 bridgehead atoms. The van der Waals surface area contributed by atoms with Crippen LogP contribution in [0.15, 0.2) is 91.0 Å². The Bertz CT molecular complexity index is 1230. The fraction of sp³-hybridized carbons (Fsp3) is 0.276. The summed E-state index contributed by atoms with van der Waals surface area (Å²) in [6.07, 6.45) is -0.654. The summed E-state index contributed by atoms with van der Waals surface area (Å²) in [6, 6.07) is 26.5. The van der Waals surface area contributed by atoms with Crippen LogP contribution in [0, 0.1) is 11.8 Å². The number of ether oxygens (including phenoxy) is 3. The molecule has 36 heavy (non-hydrogen) atoms. The molecule has 6 atom stereocenters. The SMILES string of the molecule is COC(=O)[C@@H]1[C@H](C(=O)OC)[C@@H](c2ccccc2)N2[C@@H]1C(=O)O[C@H](c1ccccc1)[C@@H]2c1ccccc1. The van der Waals surface area contributed by atoms with E-state index in [1.165, 1.54) is 14.2 Å². The van der Waals surface area contributed by atoms with Gasteiger partial charge in [-0.05, 0) is 16.7 Å². The number of methoxy groups -OCH3 is 2. The van der Waals surface area contributed by atoms with Crippen LogP contribution >= 0.6 is 0 Å². The number of nitrogens with zero attached hydrogens (tertiary/aromatic N) is 1. The van der Waals surface area contributed by atoms with Crippen LogP contribution in [0.5, 0.6) is 0 Å². The van der Waals surface area contributed by atoms with Gasteiger partial charge in [-0.15, -0.1) is 0 Å². The molecule has 0 N–H and O–H groups in total. The molecule has 0 amide bonds. The van der Waals surface area contributed by atoms with Crippen LogP contribution in [0.4, 0.5) is 0 Å². The van der Waals surface area contributed by atoms with E-state index in [-0.39, 0.29) is 0 Å². The van der Waals surface area contributed by atoms with Crippen LogP contribution in [0.1, 0.15) is 34.9 Å². The number of cyclic esters (lactones) is 1. The molecule has 5 rings (SSSR count). The smallest absolute Gasteiger partial charge is 0.325 e. The lowest BCUT2D eigenvalue weighted by atomic mass is 9.84. The van der Waals surface area contributed by atoms with Crippen LogP contribution in [-0.4, -0.2) is 43.1 Å². The first-order valence-corrected chi connectivity index (χ1v) is 11.8. The summed E-state index contributed by atoms with van der Waals surface area (Å²) in [6.45, 7) is 0. The van der Waals surface area contributed by atoms with Crippen molar-refractivity contribution in [2.45, 2.75) is 24.2 Å². The lowest BCUT2D eigenvalue weighted by Crippen LogP contribution is -2.52. The van der Waals surface area contributed by atoms with Crippen molar-refractivity contribution in [3.63, 3.8) is 0 Å². The van der Waals surface area contributed by atoms with Crippen molar-refractivity contribution in [3.05, 3.63) is 108 Å². The summed E-state index contributed by atoms with van der Waals surface area (Å²) in [5.41, 5.74) is 2.52. The Hall–Kier alpha value is -3.97. The van der Waals surface area contributed by atoms with Crippen molar-refractivity contribution in [3.8, 4) is 0 Å². The third-order valence-electron chi connectivity index (χ3n) is 7.16. The van der Waals surface area contributed by atoms with Crippen LogP contribution in [-0.2, 0) is 28.6 Å². The minimum atomic E-state index is -1.09. The van der Waals surface area contributed by atoms with Gasteiger partial charge in [0.2, 0.25) is 0 Å². The molecule has 184 valence electrons. The zero-order valence-corrected chi connectivity index (χ0v) is 20.0. The van der Waals surface area contributed by atoms with Crippen molar-refractivity contribution in [2.24, 2.45) is 11.8 Å². The third kappa shape index (κ3) is 3.95. The summed E-state index contributed by atoms with van der Waals surface area (Å²) in [5, 5.41) is 0. The largest absolute Gasteiger partial charge is 0.469 e. The number of benzene rings is 3. The molecule has 0 radical (unpaired) electrons. The summed E-state index contributed by atoms with van der Waals surface area (Å²) in [4.78, 5) is 42.1. The molecule has 0 aromatic heterocycles. The highest BCUT2D eigenvalue weighted by Crippen LogP contribution is 2.56. The first kappa shape index (κ1) is 23.8. The van der Waals surface area contributed by atoms with Gasteiger partial charge in [0.1, 0.15) is 12.1 Å². The van der Waals surface area contributed by atoms with E-state index in [0.29, 0.717) is 0 Å². The van der Waals surface area contributed by atoms with Crippen molar-refractivity contribution >= 4 is 17.9 Å². The summed E-state index contributed by atoms with van der Waals surface area (Å²) >= 11 is 0. The van der Waals surface area contributed by atoms with Gasteiger partial charge in [0.25, 0.3) is 0 Å². The standard InChI is InChI=1S/C29H27NO6/c1-34-27(31)21-22(28(32)35-2)25-29(33)36-26(20-16-10-5-11-17-20)24(19-14-8-4-9-15-19)30(25)23(21)18-12-6-3-7-13-18/h3-17,21-26H,1-2H3/t21-,22+,23+,24-,25-,26+/m0/s1. The normalized spacial score (nSPS) is 27.6. The monoisotopic (exact) mass is 485 g/mol. The second-order valence-electron chi connectivity index (χ2n) is 8.97. The van der Waals surface area contributed by atoms with Crippen LogP contribution in [0.2, 0.25) is 0 Å². The number of morpholine rings is 1. The number of carbonyl (C=O) groups is 3. The number of carbonyl (C=O) groups excluding carboxylic acids is 3. The van der Waals surface area contributed by atoms with E-state index in [9.17, 15) is 14.4 Å². The summed E-state index contributed by atoms with van der Waals surface area (Å²) in [7, 11) is 2.54. The van der Waals surface area contributed by atoms with Gasteiger partial charge in [0.15, 0.2) is 0 Å². The van der Waals surface area contributed by atoms with Crippen LogP contribution in [0.3, 0.4) is 0 Å². The maximum atomic E-state index is 13.7. The summed E-state index contributed by atoms with van der Waals surface area (Å²) in [5.74, 6) is -3.87. The number of fused-ring (bicyclic) bond motifs is 1. The van der Waals surface area contributed by atoms with Gasteiger partial charge in [0, 0.05) is 0 Å². The van der Waals surface area contributed by atoms with Gasteiger partial charge in [-0.1, -0.05) is 91.0 Å². The van der Waals surface area contributed by atoms with E-state index in [1.54, 1.807) is 0 Å². The molecule has 0 spiro atoms. The van der Waals surface area contributed by atoms with Gasteiger partial charge >= 0.3 is 17.9 Å². The molecule has 2 aliphatic heterocycles. The number of hydrogen-bond donors (Lipinski definition) is 0. The number of esters is 3. The number of rotatable bonds is 5. The molecular formula is C29H27NO6. The van der Waals surface area contributed by atoms with E-state index in [0.717, 1.165) is 16.7 Å². The minimum Gasteiger partial charge on any atom is -0.469 e. The molecule has 7 nitrogen and oxygen atoms in total. The molecule has 2 fully saturated rings. The lowest BCUT2D eigenvalue weighted by Gasteiger charge is -2.45. The van der Waals surface area contributed by atoms with Crippen molar-refractivity contribution < 1.29 is 28.6 Å². The zero-order chi connectivity index (χ0) is 25.2. The topological polar surface area (TPSA) is 82.1 Å².